The van der Waals surface area contributed by atoms with E-state index in [0.717, 1.165) is 49.6 Å². The molecule has 29 nitrogen and oxygen atoms in total. The monoisotopic (exact) mass is 1550 g/mol. The molecule has 0 radical (unpaired) electrons. The summed E-state index contributed by atoms with van der Waals surface area (Å²) in [6, 6.07) is 22.6. The van der Waals surface area contributed by atoms with E-state index in [2.05, 4.69) is 57.1 Å². The number of rotatable bonds is 36. The number of likely N-dealkylation sites (tertiary alicyclic amines) is 3. The third kappa shape index (κ3) is 21.5. The second-order valence-electron chi connectivity index (χ2n) is 29.5. The SMILES string of the molecule is Cc1ccc2ccccc2c1C(C)(C)C(/C=C/C(=C/C=C1/N(CCCS(=O)(=O)O)c2ccc3ccccc3c2C1(C)C)c1ccc(C(=O)NCCCC[C@H](NC(=O)CCCNC(=O)[C@@H]2CCCN2C(=O)[C@@H]2CCCN2C(=O)[C@H](CCCN=C(N)N)NC(=O)[C@@H]2CCCN2C(=O)CN)C(=O)O)cn1)=NCCCS(=O)(=O)O. The molecule has 0 bridgehead atoms. The zero-order chi connectivity index (χ0) is 79.7. The number of allylic oxidation sites excluding steroid dienone is 6. The van der Waals surface area contributed by atoms with Crippen LogP contribution in [0.25, 0.3) is 27.1 Å². The third-order valence-electron chi connectivity index (χ3n) is 20.9. The first-order valence-electron chi connectivity index (χ1n) is 37.6. The molecule has 13 N–H and O–H groups in total. The summed E-state index contributed by atoms with van der Waals surface area (Å²) in [6.45, 7) is 11.6. The molecule has 0 unspecified atom stereocenters. The zero-order valence-corrected chi connectivity index (χ0v) is 64.8. The first kappa shape index (κ1) is 84.1. The van der Waals surface area contributed by atoms with Crippen molar-refractivity contribution in [2.45, 2.75) is 172 Å². The number of carboxylic acid groups (broad SMARTS) is 1. The summed E-state index contributed by atoms with van der Waals surface area (Å²) in [6.07, 6.45) is 13.0. The lowest BCUT2D eigenvalue weighted by Crippen LogP contribution is -2.58. The summed E-state index contributed by atoms with van der Waals surface area (Å²) < 4.78 is 67.4. The number of hydrogen-bond acceptors (Lipinski definition) is 17. The van der Waals surface area contributed by atoms with Crippen LogP contribution in [0.2, 0.25) is 0 Å². The Morgan fingerprint density at radius 3 is 1.97 bits per heavy atom. The average Bonchev–Trinajstić information content (AvgIpc) is 1.56. The molecule has 4 aliphatic heterocycles. The van der Waals surface area contributed by atoms with Gasteiger partial charge in [-0.05, 0) is 165 Å². The number of nitrogens with two attached hydrogens (primary N) is 3. The maximum absolute atomic E-state index is 14.3. The number of carbonyl (C=O) groups is 8. The van der Waals surface area contributed by atoms with Crippen molar-refractivity contribution < 1.29 is 69.4 Å². The number of aliphatic imine (C=N–C) groups is 2. The number of hydrogen-bond donors (Lipinski definition) is 10. The molecule has 7 amide bonds. The van der Waals surface area contributed by atoms with Gasteiger partial charge >= 0.3 is 5.97 Å². The number of carboxylic acids is 1. The summed E-state index contributed by atoms with van der Waals surface area (Å²) in [5.41, 5.74) is 21.8. The Labute approximate surface area is 642 Å². The van der Waals surface area contributed by atoms with Crippen molar-refractivity contribution in [2.24, 2.45) is 27.2 Å². The van der Waals surface area contributed by atoms with Crippen LogP contribution >= 0.6 is 0 Å². The molecule has 4 aromatic carbocycles. The molecule has 0 spiro atoms. The van der Waals surface area contributed by atoms with Gasteiger partial charge in [-0.25, -0.2) is 4.79 Å². The Morgan fingerprint density at radius 1 is 0.682 bits per heavy atom. The molecule has 5 atom stereocenters. The maximum atomic E-state index is 14.3. The van der Waals surface area contributed by atoms with E-state index in [1.807, 2.05) is 106 Å². The molecule has 3 saturated heterocycles. The van der Waals surface area contributed by atoms with E-state index in [1.54, 1.807) is 12.1 Å². The predicted molar refractivity (Wildman–Crippen MR) is 423 cm³/mol. The van der Waals surface area contributed by atoms with Crippen LogP contribution in [0.15, 0.2) is 131 Å². The Morgan fingerprint density at radius 2 is 1.30 bits per heavy atom. The molecule has 0 saturated carbocycles. The van der Waals surface area contributed by atoms with Gasteiger partial charge in [0.05, 0.1) is 29.3 Å². The molecule has 5 heterocycles. The molecule has 5 aromatic rings. The number of pyridine rings is 1. The van der Waals surface area contributed by atoms with E-state index in [1.165, 1.54) is 20.9 Å². The molecule has 31 heteroatoms. The Balaban J connectivity index is 0.823. The minimum absolute atomic E-state index is 0.0432. The van der Waals surface area contributed by atoms with Crippen LogP contribution in [0.5, 0.6) is 0 Å². The highest BCUT2D eigenvalue weighted by Gasteiger charge is 2.45. The number of amides is 7. The summed E-state index contributed by atoms with van der Waals surface area (Å²) in [7, 11) is -8.57. The molecule has 110 heavy (non-hydrogen) atoms. The fourth-order valence-corrected chi connectivity index (χ4v) is 16.5. The number of fused-ring (bicyclic) bond motifs is 4. The molecule has 0 aliphatic carbocycles. The van der Waals surface area contributed by atoms with Crippen molar-refractivity contribution in [3.63, 3.8) is 0 Å². The third-order valence-corrected chi connectivity index (χ3v) is 22.5. The standard InChI is InChI=1S/C79H104N14O15S2/c1-51-29-30-52-19-6-8-21-56(52)69(51)78(2,3)65(83-42-17-47-109(103,104)105)37-33-54(34-38-66-79(4,5)70-57-22-9-7-20-53(57)32-36-61(70)90(66)46-18-48-110(106,107)108)58-35-31-55(50-87-58)71(96)84-39-11-10-23-60(76(101)102)88-67(94)28-13-40-85-72(97)62-25-15-44-92(62)75(100)64-27-16-45-93(64)74(99)59(24-12-41-86-77(81)82)89-73(98)63-26-14-43-91(63)68(95)49-80/h6-9,19-22,29-38,50,59-60,62-64H,10-18,23-28,39-49,80H2,1-5H3,(H,84,96)(H,85,97)(H,88,94)(H,89,98)(H,101,102)(H4,81,82,86)(H,103,104,105)(H,106,107,108)/b37-33+,54-34-,66-38+,83-65?/t59-,60-,62-,63-,64-/m0/s1. The molecule has 592 valence electrons. The first-order chi connectivity index (χ1) is 52.3. The van der Waals surface area contributed by atoms with Crippen molar-refractivity contribution in [3.05, 3.63) is 149 Å². The predicted octanol–water partition coefficient (Wildman–Crippen LogP) is 6.13. The van der Waals surface area contributed by atoms with Gasteiger partial charge in [0.1, 0.15) is 30.2 Å². The quantitative estimate of drug-likeness (QED) is 0.00708. The number of benzene rings is 4. The van der Waals surface area contributed by atoms with Crippen LogP contribution < -0.4 is 43.4 Å². The second-order valence-corrected chi connectivity index (χ2v) is 32.6. The van der Waals surface area contributed by atoms with Crippen molar-refractivity contribution in [1.82, 2.24) is 41.0 Å². The summed E-state index contributed by atoms with van der Waals surface area (Å²) in [5, 5.41) is 25.3. The highest BCUT2D eigenvalue weighted by molar-refractivity contribution is 7.86. The van der Waals surface area contributed by atoms with Gasteiger partial charge in [0.25, 0.3) is 26.1 Å². The van der Waals surface area contributed by atoms with Gasteiger partial charge in [0, 0.05) is 98.5 Å². The molecule has 9 rings (SSSR count). The van der Waals surface area contributed by atoms with Crippen LogP contribution in [0.4, 0.5) is 5.69 Å². The number of anilines is 1. The lowest BCUT2D eigenvalue weighted by molar-refractivity contribution is -0.148. The van der Waals surface area contributed by atoms with Gasteiger partial charge < -0.3 is 63.2 Å². The van der Waals surface area contributed by atoms with Gasteiger partial charge in [-0.1, -0.05) is 107 Å². The van der Waals surface area contributed by atoms with E-state index in [9.17, 15) is 69.4 Å². The Hall–Kier alpha value is -9.95. The van der Waals surface area contributed by atoms with Gasteiger partial charge in [0.15, 0.2) is 5.96 Å². The largest absolute Gasteiger partial charge is 0.480 e. The van der Waals surface area contributed by atoms with Crippen molar-refractivity contribution in [2.75, 3.05) is 75.3 Å². The van der Waals surface area contributed by atoms with E-state index in [-0.39, 0.29) is 108 Å². The number of aliphatic carboxylic acids is 1. The van der Waals surface area contributed by atoms with Gasteiger partial charge in [-0.15, -0.1) is 0 Å². The lowest BCUT2D eigenvalue weighted by atomic mass is 9.75. The number of nitrogens with one attached hydrogen (secondary N) is 4. The van der Waals surface area contributed by atoms with E-state index in [4.69, 9.17) is 27.2 Å². The summed E-state index contributed by atoms with van der Waals surface area (Å²) in [4.78, 5) is 128. The van der Waals surface area contributed by atoms with Crippen LogP contribution in [0.3, 0.4) is 0 Å². The average molecular weight is 1550 g/mol. The number of guanidine groups is 1. The van der Waals surface area contributed by atoms with Gasteiger partial charge in [0.2, 0.25) is 35.4 Å². The molecule has 1 aromatic heterocycles. The van der Waals surface area contributed by atoms with E-state index < -0.39 is 114 Å². The van der Waals surface area contributed by atoms with Crippen molar-refractivity contribution in [1.29, 1.82) is 0 Å². The minimum atomic E-state index is -4.29. The maximum Gasteiger partial charge on any atom is 0.326 e. The first-order valence-corrected chi connectivity index (χ1v) is 40.9. The highest BCUT2D eigenvalue weighted by atomic mass is 32.2. The van der Waals surface area contributed by atoms with Crippen LogP contribution in [0, 0.1) is 6.92 Å². The minimum Gasteiger partial charge on any atom is -0.480 e. The van der Waals surface area contributed by atoms with E-state index in [0.29, 0.717) is 81.3 Å². The van der Waals surface area contributed by atoms with Crippen molar-refractivity contribution in [3.8, 4) is 0 Å². The van der Waals surface area contributed by atoms with Crippen LogP contribution in [0.1, 0.15) is 157 Å². The number of aromatic nitrogens is 1. The summed E-state index contributed by atoms with van der Waals surface area (Å²) in [5.74, 6) is -5.57. The van der Waals surface area contributed by atoms with Gasteiger partial charge in [-0.3, -0.25) is 57.6 Å². The van der Waals surface area contributed by atoms with Crippen molar-refractivity contribution >= 4 is 112 Å². The molecular weight excluding hydrogens is 1450 g/mol. The fraction of sp³-hybridized carbons (Fsp3) is 0.481. The number of carbonyl (C=O) groups excluding carboxylic acids is 7. The smallest absolute Gasteiger partial charge is 0.326 e. The normalized spacial score (nSPS) is 18.4. The van der Waals surface area contributed by atoms with Crippen LogP contribution in [-0.2, 0) is 64.6 Å². The Kier molecular flexibility index (Phi) is 28.8. The van der Waals surface area contributed by atoms with Gasteiger partial charge in [-0.2, -0.15) is 16.8 Å². The molecule has 4 aliphatic rings. The number of nitrogens with zero attached hydrogens (tertiary/aromatic N) is 7. The molecule has 3 fully saturated rings. The topological polar surface area (TPSA) is 442 Å². The highest BCUT2D eigenvalue weighted by Crippen LogP contribution is 2.51. The fourth-order valence-electron chi connectivity index (χ4n) is 15.5. The second kappa shape index (κ2) is 37.6. The number of aryl methyl sites for hydroxylation is 1. The van der Waals surface area contributed by atoms with Crippen LogP contribution in [-0.4, -0.2) is 210 Å². The zero-order valence-electron chi connectivity index (χ0n) is 63.2. The number of unbranched alkanes of at least 4 members (excludes halogenated alkanes) is 1. The lowest BCUT2D eigenvalue weighted by Gasteiger charge is -2.33. The van der Waals surface area contributed by atoms with E-state index >= 15 is 0 Å². The Bertz CT molecular complexity index is 4630. The summed E-state index contributed by atoms with van der Waals surface area (Å²) >= 11 is 0. The molecular formula is C79H104N14O15S2.